The summed E-state index contributed by atoms with van der Waals surface area (Å²) >= 11 is 3.33. The predicted octanol–water partition coefficient (Wildman–Crippen LogP) is 3.49. The molecule has 1 aromatic rings. The number of alkyl halides is 1. The summed E-state index contributed by atoms with van der Waals surface area (Å²) in [6.45, 7) is 1.97. The minimum atomic E-state index is -0.884. The summed E-state index contributed by atoms with van der Waals surface area (Å²) < 4.78 is 0. The molecule has 80 valence electrons. The molecule has 15 heavy (non-hydrogen) atoms. The first kappa shape index (κ1) is 12.0. The van der Waals surface area contributed by atoms with E-state index in [1.165, 1.54) is 0 Å². The first-order valence-corrected chi connectivity index (χ1v) is 5.83. The van der Waals surface area contributed by atoms with E-state index >= 15 is 0 Å². The van der Waals surface area contributed by atoms with Crippen LogP contribution < -0.4 is 0 Å². The van der Waals surface area contributed by atoms with Crippen LogP contribution in [0.2, 0.25) is 0 Å². The van der Waals surface area contributed by atoms with E-state index < -0.39 is 5.97 Å². The Morgan fingerprint density at radius 1 is 1.53 bits per heavy atom. The van der Waals surface area contributed by atoms with Crippen LogP contribution in [0, 0.1) is 6.92 Å². The Balaban J connectivity index is 2.95. The van der Waals surface area contributed by atoms with Crippen LogP contribution in [0.25, 0.3) is 6.08 Å². The number of allylic oxidation sites excluding steroid dienone is 1. The van der Waals surface area contributed by atoms with E-state index in [-0.39, 0.29) is 0 Å². The van der Waals surface area contributed by atoms with Crippen molar-refractivity contribution >= 4 is 28.0 Å². The molecule has 0 amide bonds. The van der Waals surface area contributed by atoms with Crippen LogP contribution in [0.3, 0.4) is 0 Å². The molecular weight excluding hydrogens is 256 g/mol. The maximum Gasteiger partial charge on any atom is 0.335 e. The zero-order valence-electron chi connectivity index (χ0n) is 8.53. The highest BCUT2D eigenvalue weighted by Gasteiger charge is 2.03. The quantitative estimate of drug-likeness (QED) is 0.849. The van der Waals surface area contributed by atoms with Crippen molar-refractivity contribution in [2.45, 2.75) is 13.3 Å². The van der Waals surface area contributed by atoms with Crippen molar-refractivity contribution in [3.05, 3.63) is 41.0 Å². The second-order valence-corrected chi connectivity index (χ2v) is 4.05. The van der Waals surface area contributed by atoms with Crippen LogP contribution in [0.4, 0.5) is 0 Å². The first-order valence-electron chi connectivity index (χ1n) is 4.71. The average molecular weight is 269 g/mol. The molecule has 1 aromatic carbocycles. The molecule has 0 aliphatic rings. The van der Waals surface area contributed by atoms with Crippen molar-refractivity contribution < 1.29 is 9.90 Å². The van der Waals surface area contributed by atoms with Gasteiger partial charge in [0.15, 0.2) is 0 Å². The van der Waals surface area contributed by atoms with E-state index in [0.717, 1.165) is 22.9 Å². The van der Waals surface area contributed by atoms with Gasteiger partial charge in [-0.15, -0.1) is 0 Å². The minimum absolute atomic E-state index is 0.332. The third-order valence-corrected chi connectivity index (χ3v) is 2.56. The molecule has 0 aromatic heterocycles. The van der Waals surface area contributed by atoms with E-state index in [1.807, 2.05) is 25.1 Å². The van der Waals surface area contributed by atoms with Gasteiger partial charge < -0.3 is 5.11 Å². The minimum Gasteiger partial charge on any atom is -0.478 e. The molecule has 0 radical (unpaired) electrons. The summed E-state index contributed by atoms with van der Waals surface area (Å²) in [5.74, 6) is -0.884. The fraction of sp³-hybridized carbons (Fsp3) is 0.250. The molecule has 0 aliphatic carbocycles. The Kier molecular flexibility index (Phi) is 4.56. The van der Waals surface area contributed by atoms with E-state index in [4.69, 9.17) is 5.11 Å². The Labute approximate surface area is 97.8 Å². The number of hydrogen-bond donors (Lipinski definition) is 1. The number of aromatic carboxylic acids is 1. The third-order valence-electron chi connectivity index (χ3n) is 2.10. The van der Waals surface area contributed by atoms with Crippen molar-refractivity contribution in [3.8, 4) is 0 Å². The highest BCUT2D eigenvalue weighted by Crippen LogP contribution is 2.13. The van der Waals surface area contributed by atoms with Crippen LogP contribution in [0.1, 0.15) is 27.9 Å². The summed E-state index contributed by atoms with van der Waals surface area (Å²) in [4.78, 5) is 10.8. The molecule has 0 saturated carbocycles. The summed E-state index contributed by atoms with van der Waals surface area (Å²) in [6, 6.07) is 5.15. The lowest BCUT2D eigenvalue weighted by molar-refractivity contribution is 0.0697. The van der Waals surface area contributed by atoms with Gasteiger partial charge >= 0.3 is 5.97 Å². The number of carboxylic acids is 1. The predicted molar refractivity (Wildman–Crippen MR) is 65.6 cm³/mol. The van der Waals surface area contributed by atoms with Crippen molar-refractivity contribution in [2.24, 2.45) is 0 Å². The van der Waals surface area contributed by atoms with Crippen molar-refractivity contribution in [1.29, 1.82) is 0 Å². The number of rotatable bonds is 4. The molecule has 0 fully saturated rings. The molecular formula is C12H13BrO2. The lowest BCUT2D eigenvalue weighted by Crippen LogP contribution is -1.97. The SMILES string of the molecule is Cc1ccc(C(=O)O)cc1C=CCCBr. The van der Waals surface area contributed by atoms with E-state index in [9.17, 15) is 4.79 Å². The monoisotopic (exact) mass is 268 g/mol. The number of halogens is 1. The summed E-state index contributed by atoms with van der Waals surface area (Å²) in [5.41, 5.74) is 2.39. The van der Waals surface area contributed by atoms with Crippen molar-refractivity contribution in [2.75, 3.05) is 5.33 Å². The Hall–Kier alpha value is -1.09. The van der Waals surface area contributed by atoms with Gasteiger partial charge in [0.25, 0.3) is 0 Å². The molecule has 0 aliphatic heterocycles. The summed E-state index contributed by atoms with van der Waals surface area (Å²) in [6.07, 6.45) is 4.93. The summed E-state index contributed by atoms with van der Waals surface area (Å²) in [7, 11) is 0. The van der Waals surface area contributed by atoms with E-state index in [2.05, 4.69) is 15.9 Å². The molecule has 0 unspecified atom stereocenters. The number of benzene rings is 1. The highest BCUT2D eigenvalue weighted by molar-refractivity contribution is 9.09. The lowest BCUT2D eigenvalue weighted by atomic mass is 10.0. The zero-order valence-corrected chi connectivity index (χ0v) is 10.1. The standard InChI is InChI=1S/C12H13BrO2/c1-9-5-6-11(12(14)15)8-10(9)4-2-3-7-13/h2,4-6,8H,3,7H2,1H3,(H,14,15). The van der Waals surface area contributed by atoms with Gasteiger partial charge in [-0.1, -0.05) is 34.1 Å². The van der Waals surface area contributed by atoms with Gasteiger partial charge in [0.1, 0.15) is 0 Å². The van der Waals surface area contributed by atoms with Gasteiger partial charge in [0, 0.05) is 5.33 Å². The number of carbonyl (C=O) groups is 1. The fourth-order valence-electron chi connectivity index (χ4n) is 1.23. The van der Waals surface area contributed by atoms with Gasteiger partial charge in [-0.2, -0.15) is 0 Å². The van der Waals surface area contributed by atoms with Crippen LogP contribution in [-0.2, 0) is 0 Å². The molecule has 2 nitrogen and oxygen atoms in total. The second kappa shape index (κ2) is 5.71. The molecule has 0 heterocycles. The van der Waals surface area contributed by atoms with Crippen LogP contribution in [0.5, 0.6) is 0 Å². The first-order chi connectivity index (χ1) is 7.15. The van der Waals surface area contributed by atoms with E-state index in [0.29, 0.717) is 5.56 Å². The normalized spacial score (nSPS) is 10.8. The Bertz CT molecular complexity index is 383. The van der Waals surface area contributed by atoms with Gasteiger partial charge in [-0.3, -0.25) is 0 Å². The summed E-state index contributed by atoms with van der Waals surface area (Å²) in [5, 5.41) is 9.76. The zero-order chi connectivity index (χ0) is 11.3. The molecule has 0 bridgehead atoms. The van der Waals surface area contributed by atoms with Crippen LogP contribution in [-0.4, -0.2) is 16.4 Å². The smallest absolute Gasteiger partial charge is 0.335 e. The van der Waals surface area contributed by atoms with E-state index in [1.54, 1.807) is 12.1 Å². The maximum absolute atomic E-state index is 10.8. The second-order valence-electron chi connectivity index (χ2n) is 3.26. The van der Waals surface area contributed by atoms with Crippen molar-refractivity contribution in [1.82, 2.24) is 0 Å². The third kappa shape index (κ3) is 3.51. The van der Waals surface area contributed by atoms with Crippen LogP contribution in [0.15, 0.2) is 24.3 Å². The molecule has 0 atom stereocenters. The topological polar surface area (TPSA) is 37.3 Å². The molecule has 3 heteroatoms. The van der Waals surface area contributed by atoms with Gasteiger partial charge in [0.05, 0.1) is 5.56 Å². The van der Waals surface area contributed by atoms with Gasteiger partial charge in [-0.25, -0.2) is 4.79 Å². The fourth-order valence-corrected chi connectivity index (χ4v) is 1.49. The van der Waals surface area contributed by atoms with Crippen molar-refractivity contribution in [3.63, 3.8) is 0 Å². The molecule has 0 spiro atoms. The lowest BCUT2D eigenvalue weighted by Gasteiger charge is -2.01. The van der Waals surface area contributed by atoms with Gasteiger partial charge in [-0.05, 0) is 36.6 Å². The average Bonchev–Trinajstić information content (AvgIpc) is 2.20. The Morgan fingerprint density at radius 2 is 2.27 bits per heavy atom. The molecule has 1 rings (SSSR count). The number of aryl methyl sites for hydroxylation is 1. The molecule has 0 saturated heterocycles. The van der Waals surface area contributed by atoms with Crippen LogP contribution >= 0.6 is 15.9 Å². The molecule has 1 N–H and O–H groups in total. The highest BCUT2D eigenvalue weighted by atomic mass is 79.9. The van der Waals surface area contributed by atoms with Gasteiger partial charge in [0.2, 0.25) is 0 Å². The maximum atomic E-state index is 10.8. The Morgan fingerprint density at radius 3 is 2.87 bits per heavy atom. The largest absolute Gasteiger partial charge is 0.478 e. The number of hydrogen-bond acceptors (Lipinski definition) is 1. The number of carboxylic acid groups (broad SMARTS) is 1.